The van der Waals surface area contributed by atoms with Crippen molar-refractivity contribution in [2.45, 2.75) is 64.8 Å². The molecule has 6 nitrogen and oxygen atoms in total. The number of nitrogens with zero attached hydrogens (tertiary/aromatic N) is 1. The number of hydrogen-bond acceptors (Lipinski definition) is 4. The highest BCUT2D eigenvalue weighted by molar-refractivity contribution is 5.85. The molecule has 0 aliphatic heterocycles. The first-order valence-corrected chi connectivity index (χ1v) is 9.09. The molecule has 0 bridgehead atoms. The maximum absolute atomic E-state index is 12.4. The summed E-state index contributed by atoms with van der Waals surface area (Å²) in [5.41, 5.74) is 7.88. The lowest BCUT2D eigenvalue weighted by Crippen LogP contribution is -2.46. The molecule has 1 aliphatic carbocycles. The number of nitrogens with two attached hydrogens (primary N) is 1. The minimum absolute atomic E-state index is 0. The molecule has 2 rings (SSSR count). The molecule has 1 aromatic heterocycles. The third-order valence-electron chi connectivity index (χ3n) is 5.34. The molecule has 1 aromatic rings. The Kier molecular flexibility index (Phi) is 8.83. The van der Waals surface area contributed by atoms with Crippen molar-refractivity contribution in [1.29, 1.82) is 5.26 Å². The summed E-state index contributed by atoms with van der Waals surface area (Å²) in [6.07, 6.45) is 6.78. The molecule has 0 spiro atoms. The molecule has 1 atom stereocenters. The van der Waals surface area contributed by atoms with E-state index in [1.165, 1.54) is 19.3 Å². The standard InChI is InChI=1S/C19H28N4O2.ClH/c1-12-15(13(2)22-19(25)16(12)10-20)8-9-18(24)23-17(11-21)14-6-4-3-5-7-14;/h14,17H,3-9,11,21H2,1-2H3,(H,22,25)(H,23,24);1H. The van der Waals surface area contributed by atoms with Gasteiger partial charge in [-0.15, -0.1) is 12.4 Å². The molecule has 0 radical (unpaired) electrons. The second kappa shape index (κ2) is 10.3. The largest absolute Gasteiger partial charge is 0.352 e. The highest BCUT2D eigenvalue weighted by Gasteiger charge is 2.24. The Labute approximate surface area is 161 Å². The number of aryl methyl sites for hydroxylation is 1. The maximum atomic E-state index is 12.4. The fourth-order valence-electron chi connectivity index (χ4n) is 3.84. The molecule has 1 heterocycles. The van der Waals surface area contributed by atoms with E-state index in [0.717, 1.165) is 24.1 Å². The number of amides is 1. The maximum Gasteiger partial charge on any atom is 0.266 e. The van der Waals surface area contributed by atoms with Crippen molar-refractivity contribution in [2.24, 2.45) is 11.7 Å². The number of rotatable bonds is 6. The first kappa shape index (κ1) is 22.2. The normalized spacial score (nSPS) is 15.6. The number of halogens is 1. The summed E-state index contributed by atoms with van der Waals surface area (Å²) >= 11 is 0. The quantitative estimate of drug-likeness (QED) is 0.702. The molecule has 0 aromatic carbocycles. The highest BCUT2D eigenvalue weighted by Crippen LogP contribution is 2.26. The molecular formula is C19H29ClN4O2. The van der Waals surface area contributed by atoms with Gasteiger partial charge in [-0.05, 0) is 50.2 Å². The fourth-order valence-corrected chi connectivity index (χ4v) is 3.84. The lowest BCUT2D eigenvalue weighted by molar-refractivity contribution is -0.122. The van der Waals surface area contributed by atoms with Gasteiger partial charge in [0.25, 0.3) is 5.56 Å². The summed E-state index contributed by atoms with van der Waals surface area (Å²) < 4.78 is 0. The van der Waals surface area contributed by atoms with Gasteiger partial charge in [-0.1, -0.05) is 19.3 Å². The van der Waals surface area contributed by atoms with Crippen LogP contribution in [0, 0.1) is 31.1 Å². The van der Waals surface area contributed by atoms with Gasteiger partial charge in [-0.3, -0.25) is 9.59 Å². The number of nitriles is 1. The van der Waals surface area contributed by atoms with E-state index in [0.29, 0.717) is 30.9 Å². The zero-order chi connectivity index (χ0) is 18.4. The van der Waals surface area contributed by atoms with Crippen LogP contribution in [0.15, 0.2) is 4.79 Å². The number of hydrogen-bond donors (Lipinski definition) is 3. The van der Waals surface area contributed by atoms with Gasteiger partial charge in [0, 0.05) is 24.7 Å². The van der Waals surface area contributed by atoms with Crippen molar-refractivity contribution in [3.05, 3.63) is 32.7 Å². The van der Waals surface area contributed by atoms with Crippen molar-refractivity contribution >= 4 is 18.3 Å². The second-order valence-electron chi connectivity index (χ2n) is 6.98. The monoisotopic (exact) mass is 380 g/mol. The number of H-pyrrole nitrogens is 1. The Morgan fingerprint density at radius 3 is 2.58 bits per heavy atom. The second-order valence-corrected chi connectivity index (χ2v) is 6.98. The van der Waals surface area contributed by atoms with E-state index in [-0.39, 0.29) is 35.5 Å². The van der Waals surface area contributed by atoms with Gasteiger partial charge in [-0.25, -0.2) is 0 Å². The Bertz CT molecular complexity index is 717. The Morgan fingerprint density at radius 2 is 2.00 bits per heavy atom. The van der Waals surface area contributed by atoms with Gasteiger partial charge in [0.1, 0.15) is 11.6 Å². The van der Waals surface area contributed by atoms with Crippen molar-refractivity contribution in [3.8, 4) is 6.07 Å². The summed E-state index contributed by atoms with van der Waals surface area (Å²) in [7, 11) is 0. The van der Waals surface area contributed by atoms with Crippen LogP contribution < -0.4 is 16.6 Å². The molecule has 0 saturated heterocycles. The van der Waals surface area contributed by atoms with E-state index in [9.17, 15) is 9.59 Å². The smallest absolute Gasteiger partial charge is 0.266 e. The zero-order valence-corrected chi connectivity index (χ0v) is 16.4. The average molecular weight is 381 g/mol. The Morgan fingerprint density at radius 1 is 1.35 bits per heavy atom. The van der Waals surface area contributed by atoms with Crippen molar-refractivity contribution in [1.82, 2.24) is 10.3 Å². The summed E-state index contributed by atoms with van der Waals surface area (Å²) in [6, 6.07) is 1.98. The number of carbonyl (C=O) groups is 1. The summed E-state index contributed by atoms with van der Waals surface area (Å²) in [4.78, 5) is 26.8. The lowest BCUT2D eigenvalue weighted by atomic mass is 9.84. The molecule has 1 amide bonds. The SMILES string of the molecule is Cc1[nH]c(=O)c(C#N)c(C)c1CCC(=O)NC(CN)C1CCCCC1.Cl. The van der Waals surface area contributed by atoms with E-state index < -0.39 is 0 Å². The van der Waals surface area contributed by atoms with Crippen molar-refractivity contribution in [2.75, 3.05) is 6.54 Å². The predicted molar refractivity (Wildman–Crippen MR) is 104 cm³/mol. The van der Waals surface area contributed by atoms with Crippen LogP contribution in [0.2, 0.25) is 0 Å². The number of aromatic nitrogens is 1. The molecule has 1 aliphatic rings. The van der Waals surface area contributed by atoms with Gasteiger partial charge in [0.2, 0.25) is 5.91 Å². The van der Waals surface area contributed by atoms with E-state index in [2.05, 4.69) is 10.3 Å². The molecule has 4 N–H and O–H groups in total. The van der Waals surface area contributed by atoms with Gasteiger partial charge >= 0.3 is 0 Å². The number of aromatic amines is 1. The fraction of sp³-hybridized carbons (Fsp3) is 0.632. The predicted octanol–water partition coefficient (Wildman–Crippen LogP) is 2.24. The highest BCUT2D eigenvalue weighted by atomic mass is 35.5. The van der Waals surface area contributed by atoms with Crippen LogP contribution in [0.5, 0.6) is 0 Å². The first-order chi connectivity index (χ1) is 12.0. The van der Waals surface area contributed by atoms with Crippen LogP contribution in [0.1, 0.15) is 60.9 Å². The van der Waals surface area contributed by atoms with E-state index >= 15 is 0 Å². The zero-order valence-electron chi connectivity index (χ0n) is 15.6. The van der Waals surface area contributed by atoms with Gasteiger partial charge in [0.05, 0.1) is 0 Å². The average Bonchev–Trinajstić information content (AvgIpc) is 2.60. The molecule has 1 fully saturated rings. The summed E-state index contributed by atoms with van der Waals surface area (Å²) in [6.45, 7) is 4.03. The number of carbonyl (C=O) groups excluding carboxylic acids is 1. The van der Waals surface area contributed by atoms with Crippen LogP contribution in [0.25, 0.3) is 0 Å². The van der Waals surface area contributed by atoms with E-state index in [1.54, 1.807) is 13.8 Å². The van der Waals surface area contributed by atoms with Gasteiger partial charge in [0.15, 0.2) is 0 Å². The first-order valence-electron chi connectivity index (χ1n) is 9.09. The molecule has 144 valence electrons. The van der Waals surface area contributed by atoms with Crippen LogP contribution in [-0.4, -0.2) is 23.5 Å². The van der Waals surface area contributed by atoms with Crippen molar-refractivity contribution < 1.29 is 4.79 Å². The topological polar surface area (TPSA) is 112 Å². The lowest BCUT2D eigenvalue weighted by Gasteiger charge is -2.30. The van der Waals surface area contributed by atoms with Crippen LogP contribution in [0.3, 0.4) is 0 Å². The van der Waals surface area contributed by atoms with Crippen LogP contribution in [0.4, 0.5) is 0 Å². The Hall–Kier alpha value is -1.84. The third kappa shape index (κ3) is 5.33. The van der Waals surface area contributed by atoms with Crippen LogP contribution in [-0.2, 0) is 11.2 Å². The summed E-state index contributed by atoms with van der Waals surface area (Å²) in [5.74, 6) is 0.453. The molecule has 26 heavy (non-hydrogen) atoms. The Balaban J connectivity index is 0.00000338. The van der Waals surface area contributed by atoms with Crippen LogP contribution >= 0.6 is 12.4 Å². The van der Waals surface area contributed by atoms with Gasteiger partial charge in [-0.2, -0.15) is 5.26 Å². The number of pyridine rings is 1. The summed E-state index contributed by atoms with van der Waals surface area (Å²) in [5, 5.41) is 12.2. The molecule has 7 heteroatoms. The minimum Gasteiger partial charge on any atom is -0.352 e. The molecule has 1 saturated carbocycles. The van der Waals surface area contributed by atoms with Gasteiger partial charge < -0.3 is 16.0 Å². The van der Waals surface area contributed by atoms with Crippen molar-refractivity contribution in [3.63, 3.8) is 0 Å². The van der Waals surface area contributed by atoms with E-state index in [1.807, 2.05) is 6.07 Å². The number of nitrogens with one attached hydrogen (secondary N) is 2. The molecule has 1 unspecified atom stereocenters. The molecular weight excluding hydrogens is 352 g/mol. The third-order valence-corrected chi connectivity index (χ3v) is 5.34. The van der Waals surface area contributed by atoms with E-state index in [4.69, 9.17) is 11.0 Å². The minimum atomic E-state index is -0.369.